The van der Waals surface area contributed by atoms with Gasteiger partial charge in [0.25, 0.3) is 0 Å². The van der Waals surface area contributed by atoms with Gasteiger partial charge in [-0.2, -0.15) is 0 Å². The van der Waals surface area contributed by atoms with Gasteiger partial charge in [-0.3, -0.25) is 19.3 Å². The van der Waals surface area contributed by atoms with Crippen molar-refractivity contribution in [3.05, 3.63) is 0 Å². The van der Waals surface area contributed by atoms with E-state index in [0.717, 1.165) is 4.90 Å². The van der Waals surface area contributed by atoms with Crippen LogP contribution in [0.1, 0.15) is 19.8 Å². The number of hydrogen-bond donors (Lipinski definition) is 1. The molecular formula is C10H13NO4. The van der Waals surface area contributed by atoms with Crippen LogP contribution in [0.25, 0.3) is 0 Å². The van der Waals surface area contributed by atoms with Crippen molar-refractivity contribution in [1.29, 1.82) is 0 Å². The van der Waals surface area contributed by atoms with Crippen LogP contribution in [0.2, 0.25) is 0 Å². The molecule has 0 aromatic heterocycles. The van der Waals surface area contributed by atoms with Gasteiger partial charge >= 0.3 is 5.97 Å². The van der Waals surface area contributed by atoms with Gasteiger partial charge in [0, 0.05) is 18.4 Å². The zero-order valence-electron chi connectivity index (χ0n) is 8.47. The molecule has 5 heteroatoms. The van der Waals surface area contributed by atoms with E-state index in [4.69, 9.17) is 5.11 Å². The predicted molar refractivity (Wildman–Crippen MR) is 49.7 cm³/mol. The Morgan fingerprint density at radius 1 is 1.40 bits per heavy atom. The van der Waals surface area contributed by atoms with Gasteiger partial charge in [0.05, 0.1) is 5.92 Å². The predicted octanol–water partition coefficient (Wildman–Crippen LogP) is 0.102. The monoisotopic (exact) mass is 211 g/mol. The number of amides is 2. The molecule has 1 saturated carbocycles. The summed E-state index contributed by atoms with van der Waals surface area (Å²) in [5.41, 5.74) is 0. The first-order valence-electron chi connectivity index (χ1n) is 5.08. The van der Waals surface area contributed by atoms with Gasteiger partial charge in [-0.1, -0.05) is 6.92 Å². The second kappa shape index (κ2) is 3.32. The molecule has 1 aliphatic carbocycles. The molecule has 0 spiro atoms. The number of hydrogen-bond acceptors (Lipinski definition) is 3. The molecule has 0 aromatic carbocycles. The second-order valence-corrected chi connectivity index (χ2v) is 4.39. The fraction of sp³-hybridized carbons (Fsp3) is 0.700. The summed E-state index contributed by atoms with van der Waals surface area (Å²) in [6, 6.07) is 0. The number of carboxylic acids is 1. The molecule has 0 radical (unpaired) electrons. The van der Waals surface area contributed by atoms with E-state index in [1.165, 1.54) is 6.92 Å². The van der Waals surface area contributed by atoms with Crippen LogP contribution in [0.15, 0.2) is 0 Å². The number of aliphatic carboxylic acids is 1. The molecule has 3 fully saturated rings. The van der Waals surface area contributed by atoms with Crippen molar-refractivity contribution in [2.75, 3.05) is 6.54 Å². The summed E-state index contributed by atoms with van der Waals surface area (Å²) >= 11 is 0. The summed E-state index contributed by atoms with van der Waals surface area (Å²) in [6.07, 6.45) is 1.32. The second-order valence-electron chi connectivity index (χ2n) is 4.39. The number of rotatable bonds is 3. The Morgan fingerprint density at radius 3 is 2.27 bits per heavy atom. The highest BCUT2D eigenvalue weighted by molar-refractivity contribution is 6.03. The van der Waals surface area contributed by atoms with Gasteiger partial charge < -0.3 is 5.11 Å². The van der Waals surface area contributed by atoms with E-state index in [9.17, 15) is 14.4 Å². The molecule has 0 aromatic rings. The van der Waals surface area contributed by atoms with Crippen molar-refractivity contribution >= 4 is 17.8 Å². The van der Waals surface area contributed by atoms with Crippen LogP contribution in [-0.4, -0.2) is 34.3 Å². The SMILES string of the molecule is CC(CN1C(=O)C2CC(C2)C1=O)C(=O)O. The van der Waals surface area contributed by atoms with Crippen LogP contribution >= 0.6 is 0 Å². The number of nitrogens with zero attached hydrogens (tertiary/aromatic N) is 1. The standard InChI is InChI=1S/C10H13NO4/c1-5(10(14)15)4-11-8(12)6-2-7(3-6)9(11)13/h5-7H,2-4H2,1H3,(H,14,15). The van der Waals surface area contributed by atoms with Crippen LogP contribution in [0.5, 0.6) is 0 Å². The zero-order chi connectivity index (χ0) is 11.2. The Morgan fingerprint density at radius 2 is 1.87 bits per heavy atom. The normalized spacial score (nSPS) is 31.1. The van der Waals surface area contributed by atoms with E-state index in [-0.39, 0.29) is 30.2 Å². The number of piperidine rings is 2. The topological polar surface area (TPSA) is 74.7 Å². The Labute approximate surface area is 87.1 Å². The van der Waals surface area contributed by atoms with Crippen molar-refractivity contribution in [2.24, 2.45) is 17.8 Å². The summed E-state index contributed by atoms with van der Waals surface area (Å²) in [5, 5.41) is 8.71. The third kappa shape index (κ3) is 1.52. The lowest BCUT2D eigenvalue weighted by atomic mass is 9.70. The maximum absolute atomic E-state index is 11.6. The number of imide groups is 1. The summed E-state index contributed by atoms with van der Waals surface area (Å²) in [4.78, 5) is 35.0. The van der Waals surface area contributed by atoms with Gasteiger partial charge in [0.15, 0.2) is 0 Å². The van der Waals surface area contributed by atoms with E-state index in [2.05, 4.69) is 0 Å². The van der Waals surface area contributed by atoms with E-state index in [1.54, 1.807) is 0 Å². The average molecular weight is 211 g/mol. The lowest BCUT2D eigenvalue weighted by molar-refractivity contribution is -0.166. The number of carbonyl (C=O) groups excluding carboxylic acids is 2. The number of carbonyl (C=O) groups is 3. The van der Waals surface area contributed by atoms with Crippen molar-refractivity contribution < 1.29 is 19.5 Å². The summed E-state index contributed by atoms with van der Waals surface area (Å²) in [6.45, 7) is 1.52. The van der Waals surface area contributed by atoms with Crippen molar-refractivity contribution in [3.63, 3.8) is 0 Å². The first-order valence-corrected chi connectivity index (χ1v) is 5.08. The van der Waals surface area contributed by atoms with Crippen molar-refractivity contribution in [1.82, 2.24) is 4.90 Å². The lowest BCUT2D eigenvalue weighted by Gasteiger charge is -2.44. The molecule has 2 heterocycles. The average Bonchev–Trinajstić information content (AvgIpc) is 2.08. The van der Waals surface area contributed by atoms with E-state index in [0.29, 0.717) is 12.8 Å². The summed E-state index contributed by atoms with van der Waals surface area (Å²) in [7, 11) is 0. The Kier molecular flexibility index (Phi) is 2.25. The van der Waals surface area contributed by atoms with Gasteiger partial charge in [0.2, 0.25) is 11.8 Å². The highest BCUT2D eigenvalue weighted by atomic mass is 16.4. The maximum atomic E-state index is 11.6. The minimum absolute atomic E-state index is 0.0139. The van der Waals surface area contributed by atoms with Crippen molar-refractivity contribution in [2.45, 2.75) is 19.8 Å². The number of carboxylic acid groups (broad SMARTS) is 1. The Hall–Kier alpha value is -1.39. The van der Waals surface area contributed by atoms with Gasteiger partial charge in [-0.05, 0) is 12.8 Å². The van der Waals surface area contributed by atoms with E-state index < -0.39 is 11.9 Å². The van der Waals surface area contributed by atoms with Gasteiger partial charge in [0.1, 0.15) is 0 Å². The summed E-state index contributed by atoms with van der Waals surface area (Å²) < 4.78 is 0. The lowest BCUT2D eigenvalue weighted by Crippen LogP contribution is -2.57. The molecule has 3 rings (SSSR count). The highest BCUT2D eigenvalue weighted by Gasteiger charge is 2.49. The van der Waals surface area contributed by atoms with Crippen LogP contribution in [0.4, 0.5) is 0 Å². The third-order valence-corrected chi connectivity index (χ3v) is 3.25. The molecule has 2 amide bonds. The van der Waals surface area contributed by atoms with Gasteiger partial charge in [-0.25, -0.2) is 0 Å². The molecule has 15 heavy (non-hydrogen) atoms. The zero-order valence-corrected chi connectivity index (χ0v) is 8.47. The molecule has 2 bridgehead atoms. The highest BCUT2D eigenvalue weighted by Crippen LogP contribution is 2.41. The molecule has 2 aliphatic heterocycles. The third-order valence-electron chi connectivity index (χ3n) is 3.25. The van der Waals surface area contributed by atoms with Crippen molar-refractivity contribution in [3.8, 4) is 0 Å². The number of fused-ring (bicyclic) bond motifs is 2. The molecule has 1 atom stereocenters. The van der Waals surface area contributed by atoms with Crippen LogP contribution in [0, 0.1) is 17.8 Å². The van der Waals surface area contributed by atoms with Crippen LogP contribution in [-0.2, 0) is 14.4 Å². The maximum Gasteiger partial charge on any atom is 0.308 e. The largest absolute Gasteiger partial charge is 0.481 e. The van der Waals surface area contributed by atoms with Gasteiger partial charge in [-0.15, -0.1) is 0 Å². The molecule has 3 aliphatic rings. The minimum atomic E-state index is -0.977. The van der Waals surface area contributed by atoms with E-state index >= 15 is 0 Å². The fourth-order valence-electron chi connectivity index (χ4n) is 2.10. The first-order chi connectivity index (χ1) is 7.00. The smallest absolute Gasteiger partial charge is 0.308 e. The summed E-state index contributed by atoms with van der Waals surface area (Å²) in [5.74, 6) is -2.10. The quantitative estimate of drug-likeness (QED) is 0.672. The molecule has 5 nitrogen and oxygen atoms in total. The molecular weight excluding hydrogens is 198 g/mol. The van der Waals surface area contributed by atoms with Crippen LogP contribution in [0.3, 0.4) is 0 Å². The Bertz CT molecular complexity index is 312. The molecule has 1 unspecified atom stereocenters. The first kappa shape index (κ1) is 10.1. The van der Waals surface area contributed by atoms with Crippen LogP contribution < -0.4 is 0 Å². The fourth-order valence-corrected chi connectivity index (χ4v) is 2.10. The van der Waals surface area contributed by atoms with E-state index in [1.807, 2.05) is 0 Å². The molecule has 2 saturated heterocycles. The molecule has 1 N–H and O–H groups in total. The Balaban J connectivity index is 2.05. The molecule has 82 valence electrons. The minimum Gasteiger partial charge on any atom is -0.481 e.